The Bertz CT molecular complexity index is 3290. The zero-order valence-electron chi connectivity index (χ0n) is 54.0. The summed E-state index contributed by atoms with van der Waals surface area (Å²) in [6.45, 7) is 27.6. The van der Waals surface area contributed by atoms with Crippen LogP contribution < -0.4 is 72.9 Å². The molecule has 0 fully saturated rings. The van der Waals surface area contributed by atoms with Gasteiger partial charge in [-0.1, -0.05) is 115 Å². The number of carbonyl (C=O) groups is 6. The summed E-state index contributed by atoms with van der Waals surface area (Å²) in [6, 6.07) is 34.9. The van der Waals surface area contributed by atoms with Crippen molar-refractivity contribution in [2.75, 3.05) is 30.5 Å². The average Bonchev–Trinajstić information content (AvgIpc) is 3.66. The Morgan fingerprint density at radius 2 is 0.989 bits per heavy atom. The fourth-order valence-electron chi connectivity index (χ4n) is 6.15. The summed E-state index contributed by atoms with van der Waals surface area (Å²) in [4.78, 5) is 89.0. The number of nitrogen functional groups attached to an aromatic ring is 1. The number of hydroxylamine groups is 2. The van der Waals surface area contributed by atoms with E-state index in [1.165, 1.54) is 18.6 Å². The van der Waals surface area contributed by atoms with E-state index >= 15 is 0 Å². The summed E-state index contributed by atoms with van der Waals surface area (Å²) >= 11 is 23.3. The number of benzene rings is 4. The number of halogens is 4. The van der Waals surface area contributed by atoms with E-state index in [-0.39, 0.29) is 97.2 Å². The molecule has 0 aliphatic heterocycles. The number of nitrogens with one attached hydrogen (secondary N) is 2. The van der Waals surface area contributed by atoms with Gasteiger partial charge in [0.1, 0.15) is 0 Å². The zero-order valence-corrected chi connectivity index (χ0v) is 57.0. The maximum atomic E-state index is 12.8. The second kappa shape index (κ2) is 40.8. The van der Waals surface area contributed by atoms with Crippen molar-refractivity contribution >= 4 is 104 Å². The van der Waals surface area contributed by atoms with Crippen LogP contribution in [0.25, 0.3) is 5.32 Å². The second-order valence-corrected chi connectivity index (χ2v) is 23.5. The van der Waals surface area contributed by atoms with Gasteiger partial charge in [-0.15, -0.1) is 0 Å². The van der Waals surface area contributed by atoms with Gasteiger partial charge in [-0.3, -0.25) is 49.4 Å². The summed E-state index contributed by atoms with van der Waals surface area (Å²) in [6.07, 6.45) is 7.21. The largest absolute Gasteiger partial charge is 1.00 e. The van der Waals surface area contributed by atoms with Crippen molar-refractivity contribution < 1.29 is 90.2 Å². The minimum absolute atomic E-state index is 0. The van der Waals surface area contributed by atoms with Crippen LogP contribution >= 0.6 is 46.4 Å². The predicted molar refractivity (Wildman–Crippen MR) is 346 cm³/mol. The Labute approximate surface area is 576 Å². The van der Waals surface area contributed by atoms with Crippen molar-refractivity contribution in [3.05, 3.63) is 217 Å². The number of aryl methyl sites for hydroxylation is 3. The van der Waals surface area contributed by atoms with Gasteiger partial charge in [-0.05, 0) is 118 Å². The quantitative estimate of drug-likeness (QED) is 0.0394. The van der Waals surface area contributed by atoms with Gasteiger partial charge in [0.15, 0.2) is 11.6 Å². The van der Waals surface area contributed by atoms with Crippen molar-refractivity contribution in [1.29, 1.82) is 0 Å². The van der Waals surface area contributed by atoms with Crippen LogP contribution in [0.4, 0.5) is 22.7 Å². The molecule has 3 aromatic heterocycles. The molecule has 0 atom stereocenters. The fraction of sp³-hybridized carbons (Fsp3) is 0.303. The van der Waals surface area contributed by atoms with Gasteiger partial charge in [0, 0.05) is 102 Å². The first-order chi connectivity index (χ1) is 39.7. The molecule has 0 saturated carbocycles. The Hall–Kier alpha value is -5.74. The number of ketones is 2. The minimum Gasteiger partial charge on any atom is -0.648 e. The summed E-state index contributed by atoms with van der Waals surface area (Å²) in [7, 11) is 3.01. The molecule has 3 heterocycles. The molecular formula is C66H77Cl4Li3N8O7. The Morgan fingerprint density at radius 3 is 1.40 bits per heavy atom. The number of aromatic nitrogens is 3. The van der Waals surface area contributed by atoms with Gasteiger partial charge < -0.3 is 33.4 Å². The van der Waals surface area contributed by atoms with E-state index in [9.17, 15) is 28.8 Å². The van der Waals surface area contributed by atoms with Crippen molar-refractivity contribution in [3.63, 3.8) is 0 Å². The number of nitrogens with zero attached hydrogens (tertiary/aromatic N) is 5. The molecule has 0 unspecified atom stereocenters. The van der Waals surface area contributed by atoms with Crippen molar-refractivity contribution in [2.45, 2.75) is 103 Å². The molecule has 454 valence electrons. The first-order valence-corrected chi connectivity index (χ1v) is 28.3. The number of anilines is 3. The van der Waals surface area contributed by atoms with E-state index in [0.717, 1.165) is 12.1 Å². The van der Waals surface area contributed by atoms with E-state index in [1.54, 1.807) is 162 Å². The molecule has 15 nitrogen and oxygen atoms in total. The molecule has 88 heavy (non-hydrogen) atoms. The third-order valence-electron chi connectivity index (χ3n) is 11.5. The van der Waals surface area contributed by atoms with E-state index in [4.69, 9.17) is 57.0 Å². The number of rotatable bonds is 10. The molecule has 22 heteroatoms. The number of amides is 4. The summed E-state index contributed by atoms with van der Waals surface area (Å²) in [5.74, 6) is -0.890. The summed E-state index contributed by atoms with van der Waals surface area (Å²) in [5, 5.41) is 12.9. The monoisotopic (exact) mass is 1250 g/mol. The molecule has 0 aliphatic carbocycles. The molecule has 7 aromatic rings. The first-order valence-electron chi connectivity index (χ1n) is 26.8. The fourth-order valence-corrected chi connectivity index (χ4v) is 6.73. The topological polar surface area (TPSA) is 218 Å². The van der Waals surface area contributed by atoms with Gasteiger partial charge in [-0.2, -0.15) is 42.3 Å². The smallest absolute Gasteiger partial charge is 0.648 e. The number of pyridine rings is 3. The molecule has 0 saturated heterocycles. The normalized spacial score (nSPS) is 10.2. The molecule has 0 spiro atoms. The number of carbonyl (C=O) groups excluding carboxylic acids is 6. The number of nitrogens with two attached hydrogens (primary N) is 1. The van der Waals surface area contributed by atoms with Crippen LogP contribution in [-0.2, 0) is 19.2 Å². The van der Waals surface area contributed by atoms with Crippen LogP contribution in [0.5, 0.6) is 0 Å². The number of hydrogen-bond acceptors (Lipinski definition) is 11. The molecule has 0 aliphatic rings. The van der Waals surface area contributed by atoms with Crippen LogP contribution in [0.3, 0.4) is 0 Å². The average molecular weight is 1260 g/mol. The van der Waals surface area contributed by atoms with Crippen LogP contribution in [0.2, 0.25) is 20.1 Å². The van der Waals surface area contributed by atoms with E-state index in [2.05, 4.69) is 50.8 Å². The minimum atomic E-state index is -0.565. The Kier molecular flexibility index (Phi) is 39.1. The molecule has 0 bridgehead atoms. The van der Waals surface area contributed by atoms with Crippen molar-refractivity contribution in [3.8, 4) is 0 Å². The Balaban J connectivity index is 0. The Morgan fingerprint density at radius 1 is 0.580 bits per heavy atom. The maximum absolute atomic E-state index is 12.8. The molecular weight excluding hydrogens is 1180 g/mol. The summed E-state index contributed by atoms with van der Waals surface area (Å²) < 4.78 is 0. The third kappa shape index (κ3) is 29.7. The van der Waals surface area contributed by atoms with Crippen LogP contribution in [0.1, 0.15) is 141 Å². The van der Waals surface area contributed by atoms with Gasteiger partial charge in [0.25, 0.3) is 5.91 Å². The maximum Gasteiger partial charge on any atom is 1.00 e. The van der Waals surface area contributed by atoms with Gasteiger partial charge in [0.2, 0.25) is 11.8 Å². The SMILES string of the molecule is CC(C)(C)C(=O)Nc1ccc(Cl)cc1.CC(C)(C)C(=O)[N-]c1[c-]cc(Cl)cc1.CON(C)C(=O)c1cccnc1C.Cc1ncccc1C(=O)c1cc(Cl)ccc1N.Cc1ncccc1C(=O)c1cc(Cl)ccc1NC(=O)C(C)(C)C.[CH2-]CCC.[Li+].[Li+].[Li+]. The van der Waals surface area contributed by atoms with Crippen LogP contribution in [0, 0.1) is 50.0 Å². The van der Waals surface area contributed by atoms with Crippen LogP contribution in [-0.4, -0.2) is 69.4 Å². The van der Waals surface area contributed by atoms with Gasteiger partial charge in [-0.25, -0.2) is 5.06 Å². The predicted octanol–water partition coefficient (Wildman–Crippen LogP) is 7.81. The van der Waals surface area contributed by atoms with Crippen molar-refractivity contribution in [2.24, 2.45) is 16.2 Å². The van der Waals surface area contributed by atoms with E-state index in [1.807, 2.05) is 62.3 Å². The van der Waals surface area contributed by atoms with Crippen molar-refractivity contribution in [1.82, 2.24) is 20.0 Å². The van der Waals surface area contributed by atoms with E-state index in [0.29, 0.717) is 82.1 Å². The van der Waals surface area contributed by atoms with Gasteiger partial charge in [0.05, 0.1) is 30.0 Å². The first kappa shape index (κ1) is 84.3. The molecule has 0 radical (unpaired) electrons. The van der Waals surface area contributed by atoms with Crippen LogP contribution in [0.15, 0.2) is 134 Å². The van der Waals surface area contributed by atoms with Gasteiger partial charge >= 0.3 is 56.6 Å². The molecule has 4 aromatic carbocycles. The summed E-state index contributed by atoms with van der Waals surface area (Å²) in [5.41, 5.74) is 10.9. The zero-order chi connectivity index (χ0) is 64.4. The second-order valence-electron chi connectivity index (χ2n) is 21.8. The number of unbranched alkanes of at least 4 members (excludes halogenated alkanes) is 1. The number of hydrogen-bond donors (Lipinski definition) is 3. The third-order valence-corrected chi connectivity index (χ3v) is 12.4. The molecule has 4 amide bonds. The molecule has 4 N–H and O–H groups in total. The standard InChI is InChI=1S/C18H19ClN2O2.C13H11ClN2O.C11H14ClNO.C11H13ClNO.C9H12N2O2.C4H9.3Li/c1-11-13(6-5-9-20-11)16(22)14-10-12(19)7-8-15(14)21-17(23)18(2,3)4;1-8-10(3-2-6-16-8)13(17)11-7-9(14)4-5-12(11)15;2*1-11(2,3)10(14)13-9-6-4-8(12)5-7-9;1-7-8(5-4-6-10-7)9(12)11(2)13-3;1-3-4-2;;;/h5-10H,1-4H3,(H,21,23);2-7H,15H2,1H3;4-7H,1-3H3,(H,13,14);4-6H,1-3H3,(H,13,14);4-6H,1-3H3;1,3-4H2,2H3;;;/q;;;-1;;-1;3*+1/p-1. The van der Waals surface area contributed by atoms with E-state index < -0.39 is 10.8 Å². The molecule has 7 rings (SSSR count).